The maximum atomic E-state index is 14.3. The molecule has 0 aromatic heterocycles. The van der Waals surface area contributed by atoms with Crippen LogP contribution < -0.4 is 81.0 Å². The van der Waals surface area contributed by atoms with Gasteiger partial charge in [0.15, 0.2) is 5.96 Å². The summed E-state index contributed by atoms with van der Waals surface area (Å²) < 4.78 is 0. The first-order chi connectivity index (χ1) is 49.4. The standard InChI is InChI=1S/C70H126N16O19/c1-12-14-15-16-17-18-19-20-21-22-23-24-25-31-53(88)85-58(46(11)87)68(103)78-43(8)59(94)76-44(9)60(95)80-48(30-28-35-74-70(72)73)63(98)83-50(36-40(3)4)65(100)81-47(29-26-27-34-71)62(97)77-45(10)61(96)86-57(42(7)13-2)67(102)75-39-54(89)79-51(38-56(92)93)66(101)82-49(32-33-55(90)91)64(99)84-52(69(104)105)37-41(5)6/h40-52,57-58,87H,12-39,71H2,1-11H3,(H,75,102)(H,76,94)(H,77,97)(H,78,103)(H,79,89)(H,80,95)(H,81,100)(H,82,101)(H,83,98)(H,84,99)(H,85,88)(H,86,96)(H,90,91)(H,92,93)(H,104,105)(H4,72,73,74)/t42-,43-,44-,45-,46+,47-,48-,49-,50-,51-,52-,57-,58-/m0/s1. The Morgan fingerprint density at radius 3 is 1.28 bits per heavy atom. The Morgan fingerprint density at radius 2 is 0.800 bits per heavy atom. The molecule has 0 aromatic carbocycles. The van der Waals surface area contributed by atoms with E-state index in [9.17, 15) is 92.3 Å². The van der Waals surface area contributed by atoms with E-state index in [2.05, 4.69) is 75.7 Å². The van der Waals surface area contributed by atoms with Crippen molar-refractivity contribution in [3.05, 3.63) is 0 Å². The van der Waals surface area contributed by atoms with E-state index in [4.69, 9.17) is 17.2 Å². The minimum atomic E-state index is -1.91. The van der Waals surface area contributed by atoms with Crippen molar-refractivity contribution in [1.82, 2.24) is 63.8 Å². The zero-order chi connectivity index (χ0) is 79.9. The largest absolute Gasteiger partial charge is 0.481 e. The van der Waals surface area contributed by atoms with Gasteiger partial charge in [-0.2, -0.15) is 0 Å². The number of rotatable bonds is 58. The fourth-order valence-electron chi connectivity index (χ4n) is 10.8. The summed E-state index contributed by atoms with van der Waals surface area (Å²) in [6.07, 6.45) is 12.1. The van der Waals surface area contributed by atoms with Gasteiger partial charge in [-0.05, 0) is 110 Å². The highest BCUT2D eigenvalue weighted by Gasteiger charge is 2.36. The number of carboxylic acids is 3. The topological polar surface area (TPSA) is 572 Å². The number of carboxylic acid groups (broad SMARTS) is 3. The summed E-state index contributed by atoms with van der Waals surface area (Å²) in [6.45, 7) is 17.0. The number of aliphatic hydroxyl groups excluding tert-OH is 1. The molecule has 12 amide bonds. The molecular formula is C70H126N16O19. The fraction of sp³-hybridized carbons (Fsp3) is 0.771. The molecule has 600 valence electrons. The van der Waals surface area contributed by atoms with E-state index in [-0.39, 0.29) is 75.8 Å². The van der Waals surface area contributed by atoms with E-state index in [1.807, 2.05) is 0 Å². The van der Waals surface area contributed by atoms with E-state index in [0.717, 1.165) is 25.7 Å². The van der Waals surface area contributed by atoms with Crippen molar-refractivity contribution in [3.63, 3.8) is 0 Å². The highest BCUT2D eigenvalue weighted by molar-refractivity contribution is 5.99. The molecule has 35 nitrogen and oxygen atoms in total. The van der Waals surface area contributed by atoms with Crippen molar-refractivity contribution in [2.75, 3.05) is 19.6 Å². The van der Waals surface area contributed by atoms with Gasteiger partial charge in [0.25, 0.3) is 0 Å². The number of nitrogens with two attached hydrogens (primary N) is 3. The molecule has 0 aliphatic heterocycles. The lowest BCUT2D eigenvalue weighted by molar-refractivity contribution is -0.144. The zero-order valence-corrected chi connectivity index (χ0v) is 63.6. The Kier molecular flexibility index (Phi) is 49.4. The van der Waals surface area contributed by atoms with Crippen LogP contribution in [0.4, 0.5) is 0 Å². The molecular weight excluding hydrogens is 1370 g/mol. The van der Waals surface area contributed by atoms with E-state index >= 15 is 0 Å². The number of hydrogen-bond donors (Lipinski definition) is 19. The maximum Gasteiger partial charge on any atom is 0.326 e. The van der Waals surface area contributed by atoms with Crippen LogP contribution in [0.2, 0.25) is 0 Å². The van der Waals surface area contributed by atoms with Gasteiger partial charge < -0.3 is 101 Å². The number of guanidine groups is 1. The van der Waals surface area contributed by atoms with Crippen molar-refractivity contribution in [2.45, 2.75) is 309 Å². The van der Waals surface area contributed by atoms with Gasteiger partial charge in [0.05, 0.1) is 19.1 Å². The molecule has 13 atom stereocenters. The van der Waals surface area contributed by atoms with E-state index < -0.39 is 193 Å². The predicted molar refractivity (Wildman–Crippen MR) is 391 cm³/mol. The second kappa shape index (κ2) is 53.9. The lowest BCUT2D eigenvalue weighted by Crippen LogP contribution is -2.60. The van der Waals surface area contributed by atoms with E-state index in [1.165, 1.54) is 79.1 Å². The van der Waals surface area contributed by atoms with Crippen LogP contribution in [-0.4, -0.2) is 207 Å². The molecule has 0 rings (SSSR count). The van der Waals surface area contributed by atoms with Gasteiger partial charge in [-0.25, -0.2) is 4.79 Å². The molecule has 0 heterocycles. The average Bonchev–Trinajstić information content (AvgIpc) is 0.870. The third kappa shape index (κ3) is 43.3. The van der Waals surface area contributed by atoms with Crippen LogP contribution in [0.1, 0.15) is 237 Å². The third-order valence-corrected chi connectivity index (χ3v) is 17.2. The van der Waals surface area contributed by atoms with Crippen molar-refractivity contribution in [3.8, 4) is 0 Å². The second-order valence-electron chi connectivity index (χ2n) is 27.8. The van der Waals surface area contributed by atoms with Gasteiger partial charge in [-0.1, -0.05) is 132 Å². The molecule has 35 heteroatoms. The monoisotopic (exact) mass is 1490 g/mol. The first kappa shape index (κ1) is 96.2. The molecule has 0 saturated carbocycles. The van der Waals surface area contributed by atoms with Crippen LogP contribution in [-0.2, 0) is 71.9 Å². The minimum Gasteiger partial charge on any atom is -0.481 e. The second-order valence-corrected chi connectivity index (χ2v) is 27.8. The summed E-state index contributed by atoms with van der Waals surface area (Å²) in [4.78, 5) is 203. The van der Waals surface area contributed by atoms with Crippen LogP contribution in [0, 0.1) is 17.8 Å². The number of aliphatic imine (C=N–C) groups is 1. The number of carbonyl (C=O) groups excluding carboxylic acids is 12. The van der Waals surface area contributed by atoms with Crippen molar-refractivity contribution in [1.29, 1.82) is 0 Å². The smallest absolute Gasteiger partial charge is 0.326 e. The molecule has 105 heavy (non-hydrogen) atoms. The number of aliphatic carboxylic acids is 3. The van der Waals surface area contributed by atoms with Crippen molar-refractivity contribution in [2.24, 2.45) is 39.9 Å². The molecule has 0 radical (unpaired) electrons. The van der Waals surface area contributed by atoms with Gasteiger partial charge >= 0.3 is 17.9 Å². The van der Waals surface area contributed by atoms with Gasteiger partial charge in [-0.3, -0.25) is 72.1 Å². The Hall–Kier alpha value is -8.76. The third-order valence-electron chi connectivity index (χ3n) is 17.2. The number of hydrogen-bond acceptors (Lipinski definition) is 18. The summed E-state index contributed by atoms with van der Waals surface area (Å²) in [6, 6.07) is -15.9. The average molecular weight is 1500 g/mol. The van der Waals surface area contributed by atoms with Gasteiger partial charge in [0.1, 0.15) is 66.5 Å². The molecule has 0 unspecified atom stereocenters. The van der Waals surface area contributed by atoms with Crippen LogP contribution >= 0.6 is 0 Å². The number of aliphatic hydroxyl groups is 1. The van der Waals surface area contributed by atoms with Crippen LogP contribution in [0.15, 0.2) is 4.99 Å². The Labute approximate surface area is 617 Å². The molecule has 0 spiro atoms. The lowest BCUT2D eigenvalue weighted by Gasteiger charge is -2.28. The highest BCUT2D eigenvalue weighted by Crippen LogP contribution is 2.16. The van der Waals surface area contributed by atoms with Gasteiger partial charge in [0.2, 0.25) is 70.9 Å². The van der Waals surface area contributed by atoms with Crippen LogP contribution in [0.5, 0.6) is 0 Å². The van der Waals surface area contributed by atoms with E-state index in [0.29, 0.717) is 19.3 Å². The molecule has 22 N–H and O–H groups in total. The molecule has 0 aliphatic carbocycles. The number of amides is 12. The van der Waals surface area contributed by atoms with Gasteiger partial charge in [-0.15, -0.1) is 0 Å². The number of unbranched alkanes of at least 4 members (excludes halogenated alkanes) is 13. The fourth-order valence-corrected chi connectivity index (χ4v) is 10.8. The Bertz CT molecular complexity index is 2810. The summed E-state index contributed by atoms with van der Waals surface area (Å²) in [5, 5.41) is 68.5. The molecule has 0 bridgehead atoms. The normalized spacial score (nSPS) is 14.9. The maximum absolute atomic E-state index is 14.3. The quantitative estimate of drug-likeness (QED) is 0.0218. The summed E-state index contributed by atoms with van der Waals surface area (Å²) in [5.74, 6) is -16.6. The first-order valence-corrected chi connectivity index (χ1v) is 37.1. The molecule has 0 fully saturated rings. The molecule has 0 aromatic rings. The summed E-state index contributed by atoms with van der Waals surface area (Å²) in [5.41, 5.74) is 16.8. The van der Waals surface area contributed by atoms with Crippen LogP contribution in [0.3, 0.4) is 0 Å². The Morgan fingerprint density at radius 1 is 0.381 bits per heavy atom. The van der Waals surface area contributed by atoms with E-state index in [1.54, 1.807) is 41.5 Å². The molecule has 0 saturated heterocycles. The Balaban J connectivity index is 6.25. The van der Waals surface area contributed by atoms with Crippen LogP contribution in [0.25, 0.3) is 0 Å². The molecule has 0 aliphatic rings. The minimum absolute atomic E-state index is 0.00363. The van der Waals surface area contributed by atoms with Crippen molar-refractivity contribution >= 4 is 94.8 Å². The predicted octanol–water partition coefficient (Wildman–Crippen LogP) is 0.102. The number of nitrogens with one attached hydrogen (secondary N) is 12. The summed E-state index contributed by atoms with van der Waals surface area (Å²) >= 11 is 0. The van der Waals surface area contributed by atoms with Crippen molar-refractivity contribution < 1.29 is 92.3 Å². The number of nitrogens with zero attached hydrogens (tertiary/aromatic N) is 1. The summed E-state index contributed by atoms with van der Waals surface area (Å²) in [7, 11) is 0. The zero-order valence-electron chi connectivity index (χ0n) is 63.6. The highest BCUT2D eigenvalue weighted by atomic mass is 16.4. The SMILES string of the molecule is CCCCCCCCCCCCCCCC(=O)N[C@H](C(=O)N[C@@H](C)C(=O)N[C@@H](C)C(=O)N[C@@H](CCCN=C(N)N)C(=O)N[C@@H](CC(C)C)C(=O)N[C@@H](CCCCN)C(=O)N[C@@H](C)C(=O)N[C@H](C(=O)NCC(=O)N[C@@H](CC(=O)O)C(=O)N[C@@H](CCC(=O)O)C(=O)N[C@@H](CC(C)C)C(=O)O)[C@@H](C)CC)[C@@H](C)O. The number of carbonyl (C=O) groups is 15. The first-order valence-electron chi connectivity index (χ1n) is 37.1. The lowest BCUT2D eigenvalue weighted by atomic mass is 9.98. The van der Waals surface area contributed by atoms with Gasteiger partial charge in [0, 0.05) is 19.4 Å².